The molecule has 0 spiro atoms. The molecule has 0 aliphatic heterocycles. The van der Waals surface area contributed by atoms with Gasteiger partial charge in [0.05, 0.1) is 28.5 Å². The van der Waals surface area contributed by atoms with Crippen LogP contribution in [-0.2, 0) is 6.54 Å². The molecule has 4 aromatic carbocycles. The number of hydrogen-bond acceptors (Lipinski definition) is 3. The molecule has 2 aromatic heterocycles. The van der Waals surface area contributed by atoms with Crippen LogP contribution in [0.25, 0.3) is 33.1 Å². The van der Waals surface area contributed by atoms with Gasteiger partial charge < -0.3 is 4.57 Å². The highest BCUT2D eigenvalue weighted by Crippen LogP contribution is 2.29. The van der Waals surface area contributed by atoms with Crippen molar-refractivity contribution in [2.24, 2.45) is 5.10 Å². The fourth-order valence-corrected chi connectivity index (χ4v) is 5.51. The van der Waals surface area contributed by atoms with Crippen molar-refractivity contribution in [3.63, 3.8) is 0 Å². The van der Waals surface area contributed by atoms with Gasteiger partial charge in [-0.2, -0.15) is 5.10 Å². The number of rotatable bonds is 6. The Bertz CT molecular complexity index is 1940. The molecule has 0 bridgehead atoms. The standard InChI is InChI=1S/C35H29ClN4O/c1-22-12-17-32-29(18-22)30(19-33(38-32)26-13-15-27(36)16-14-26)35(41)39-37-20-31-24(3)40(21-25-9-5-4-6-10-25)34-23(2)8-7-11-28(31)34/h4-20H,21H2,1-3H3,(H,39,41)/b37-20+. The van der Waals surface area contributed by atoms with E-state index in [0.29, 0.717) is 16.3 Å². The predicted molar refractivity (Wildman–Crippen MR) is 169 cm³/mol. The minimum atomic E-state index is -0.295. The van der Waals surface area contributed by atoms with E-state index in [1.807, 2.05) is 61.5 Å². The van der Waals surface area contributed by atoms with Crippen molar-refractivity contribution in [2.75, 3.05) is 0 Å². The summed E-state index contributed by atoms with van der Waals surface area (Å²) in [6, 6.07) is 31.9. The zero-order chi connectivity index (χ0) is 28.5. The molecule has 41 heavy (non-hydrogen) atoms. The third-order valence-electron chi connectivity index (χ3n) is 7.48. The zero-order valence-electron chi connectivity index (χ0n) is 23.1. The van der Waals surface area contributed by atoms with E-state index in [9.17, 15) is 4.79 Å². The van der Waals surface area contributed by atoms with Gasteiger partial charge >= 0.3 is 0 Å². The first kappa shape index (κ1) is 26.5. The molecule has 1 N–H and O–H groups in total. The van der Waals surface area contributed by atoms with Crippen molar-refractivity contribution in [2.45, 2.75) is 27.3 Å². The number of para-hydroxylation sites is 1. The van der Waals surface area contributed by atoms with Crippen LogP contribution in [0.3, 0.4) is 0 Å². The highest BCUT2D eigenvalue weighted by atomic mass is 35.5. The number of carbonyl (C=O) groups is 1. The maximum atomic E-state index is 13.6. The summed E-state index contributed by atoms with van der Waals surface area (Å²) in [6.07, 6.45) is 1.76. The number of carbonyl (C=O) groups excluding carboxylic acids is 1. The average Bonchev–Trinajstić information content (AvgIpc) is 3.24. The molecule has 0 aliphatic carbocycles. The zero-order valence-corrected chi connectivity index (χ0v) is 23.9. The molecule has 0 aliphatic rings. The summed E-state index contributed by atoms with van der Waals surface area (Å²) in [5.41, 5.74) is 12.3. The quantitative estimate of drug-likeness (QED) is 0.166. The van der Waals surface area contributed by atoms with Crippen molar-refractivity contribution in [1.82, 2.24) is 15.0 Å². The lowest BCUT2D eigenvalue weighted by atomic mass is 10.0. The molecule has 6 rings (SSSR count). The number of nitrogens with one attached hydrogen (secondary N) is 1. The first-order valence-corrected chi connectivity index (χ1v) is 13.9. The number of hydrazone groups is 1. The molecule has 202 valence electrons. The van der Waals surface area contributed by atoms with Gasteiger partial charge in [-0.25, -0.2) is 10.4 Å². The van der Waals surface area contributed by atoms with E-state index in [-0.39, 0.29) is 5.91 Å². The van der Waals surface area contributed by atoms with Crippen LogP contribution in [0.5, 0.6) is 0 Å². The fourth-order valence-electron chi connectivity index (χ4n) is 5.38. The van der Waals surface area contributed by atoms with E-state index in [2.05, 4.69) is 71.4 Å². The number of pyridine rings is 1. The summed E-state index contributed by atoms with van der Waals surface area (Å²) >= 11 is 6.10. The second-order valence-corrected chi connectivity index (χ2v) is 10.8. The second-order valence-electron chi connectivity index (χ2n) is 10.3. The van der Waals surface area contributed by atoms with Gasteiger partial charge in [-0.3, -0.25) is 4.79 Å². The van der Waals surface area contributed by atoms with E-state index in [0.717, 1.165) is 45.2 Å². The van der Waals surface area contributed by atoms with E-state index in [1.54, 1.807) is 6.21 Å². The number of aromatic nitrogens is 2. The second kappa shape index (κ2) is 11.0. The monoisotopic (exact) mass is 556 g/mol. The largest absolute Gasteiger partial charge is 0.340 e. The maximum Gasteiger partial charge on any atom is 0.272 e. The number of halogens is 1. The van der Waals surface area contributed by atoms with Gasteiger partial charge in [-0.15, -0.1) is 0 Å². The summed E-state index contributed by atoms with van der Waals surface area (Å²) in [4.78, 5) is 18.4. The van der Waals surface area contributed by atoms with Gasteiger partial charge in [0, 0.05) is 39.2 Å². The van der Waals surface area contributed by atoms with Gasteiger partial charge in [-0.05, 0) is 62.2 Å². The van der Waals surface area contributed by atoms with Crippen molar-refractivity contribution in [3.8, 4) is 11.3 Å². The summed E-state index contributed by atoms with van der Waals surface area (Å²) in [6.45, 7) is 6.98. The Labute approximate surface area is 244 Å². The smallest absolute Gasteiger partial charge is 0.272 e. The Hall–Kier alpha value is -4.74. The van der Waals surface area contributed by atoms with Crippen LogP contribution in [0.4, 0.5) is 0 Å². The SMILES string of the molecule is Cc1ccc2nc(-c3ccc(Cl)cc3)cc(C(=O)N/N=C/c3c(C)n(Cc4ccccc4)c4c(C)cccc34)c2c1. The molecule has 0 saturated heterocycles. The molecule has 0 atom stereocenters. The first-order chi connectivity index (χ1) is 19.9. The fraction of sp³-hybridized carbons (Fsp3) is 0.114. The van der Waals surface area contributed by atoms with Crippen molar-refractivity contribution < 1.29 is 4.79 Å². The molecule has 6 aromatic rings. The predicted octanol–water partition coefficient (Wildman–Crippen LogP) is 8.25. The number of fused-ring (bicyclic) bond motifs is 2. The van der Waals surface area contributed by atoms with Crippen molar-refractivity contribution >= 4 is 45.5 Å². The lowest BCUT2D eigenvalue weighted by Gasteiger charge is -2.10. The Morgan fingerprint density at radius 2 is 1.68 bits per heavy atom. The Morgan fingerprint density at radius 3 is 2.46 bits per heavy atom. The van der Waals surface area contributed by atoms with E-state index in [4.69, 9.17) is 16.6 Å². The van der Waals surface area contributed by atoms with Gasteiger partial charge in [0.25, 0.3) is 5.91 Å². The van der Waals surface area contributed by atoms with E-state index < -0.39 is 0 Å². The average molecular weight is 557 g/mol. The normalized spacial score (nSPS) is 11.5. The summed E-state index contributed by atoms with van der Waals surface area (Å²) in [5.74, 6) is -0.295. The molecule has 0 saturated carbocycles. The van der Waals surface area contributed by atoms with Gasteiger partial charge in [0.15, 0.2) is 0 Å². The third-order valence-corrected chi connectivity index (χ3v) is 7.74. The molecule has 6 heteroatoms. The first-order valence-electron chi connectivity index (χ1n) is 13.5. The highest BCUT2D eigenvalue weighted by molar-refractivity contribution is 6.30. The molecule has 2 heterocycles. The van der Waals surface area contributed by atoms with Crippen molar-refractivity contribution in [3.05, 3.63) is 136 Å². The van der Waals surface area contributed by atoms with Crippen LogP contribution in [-0.4, -0.2) is 21.7 Å². The van der Waals surface area contributed by atoms with Gasteiger partial charge in [-0.1, -0.05) is 83.9 Å². The number of amides is 1. The van der Waals surface area contributed by atoms with Gasteiger partial charge in [0.2, 0.25) is 0 Å². The van der Waals surface area contributed by atoms with Crippen LogP contribution in [0, 0.1) is 20.8 Å². The molecule has 0 radical (unpaired) electrons. The molecule has 0 fully saturated rings. The lowest BCUT2D eigenvalue weighted by Crippen LogP contribution is -2.18. The Morgan fingerprint density at radius 1 is 0.902 bits per heavy atom. The Kier molecular flexibility index (Phi) is 7.12. The number of aryl methyl sites for hydroxylation is 2. The molecule has 0 unspecified atom stereocenters. The molecular weight excluding hydrogens is 528 g/mol. The van der Waals surface area contributed by atoms with E-state index in [1.165, 1.54) is 16.6 Å². The van der Waals surface area contributed by atoms with Gasteiger partial charge in [0.1, 0.15) is 0 Å². The van der Waals surface area contributed by atoms with Crippen molar-refractivity contribution in [1.29, 1.82) is 0 Å². The lowest BCUT2D eigenvalue weighted by molar-refractivity contribution is 0.0956. The van der Waals surface area contributed by atoms with Crippen LogP contribution in [0.1, 0.15) is 38.3 Å². The maximum absolute atomic E-state index is 13.6. The van der Waals surface area contributed by atoms with Crippen LogP contribution in [0.2, 0.25) is 5.02 Å². The summed E-state index contributed by atoms with van der Waals surface area (Å²) in [5, 5.41) is 6.98. The number of hydrogen-bond donors (Lipinski definition) is 1. The molecular formula is C35H29ClN4O. The highest BCUT2D eigenvalue weighted by Gasteiger charge is 2.17. The van der Waals surface area contributed by atoms with Crippen LogP contribution >= 0.6 is 11.6 Å². The summed E-state index contributed by atoms with van der Waals surface area (Å²) in [7, 11) is 0. The Balaban J connectivity index is 1.36. The topological polar surface area (TPSA) is 59.3 Å². The number of benzene rings is 4. The summed E-state index contributed by atoms with van der Waals surface area (Å²) < 4.78 is 2.32. The molecule has 1 amide bonds. The molecule has 5 nitrogen and oxygen atoms in total. The minimum absolute atomic E-state index is 0.295. The minimum Gasteiger partial charge on any atom is -0.340 e. The van der Waals surface area contributed by atoms with E-state index >= 15 is 0 Å². The van der Waals surface area contributed by atoms with Crippen LogP contribution in [0.15, 0.2) is 102 Å². The van der Waals surface area contributed by atoms with Crippen LogP contribution < -0.4 is 5.43 Å². The third kappa shape index (κ3) is 5.24. The number of nitrogens with zero attached hydrogens (tertiary/aromatic N) is 3.